The highest BCUT2D eigenvalue weighted by molar-refractivity contribution is 14.1. The largest absolute Gasteiger partial charge is 0.573 e. The summed E-state index contributed by atoms with van der Waals surface area (Å²) >= 11 is 2.09. The summed E-state index contributed by atoms with van der Waals surface area (Å²) in [6, 6.07) is 24.9. The van der Waals surface area contributed by atoms with Gasteiger partial charge in [0.15, 0.2) is 0 Å². The number of ether oxygens (including phenoxy) is 2. The summed E-state index contributed by atoms with van der Waals surface area (Å²) in [7, 11) is -1.81. The number of nitrogens with two attached hydrogens (primary N) is 2. The lowest BCUT2D eigenvalue weighted by atomic mass is 9.80. The molecule has 2 heterocycles. The van der Waals surface area contributed by atoms with Gasteiger partial charge in [-0.2, -0.15) is 5.10 Å². The van der Waals surface area contributed by atoms with Crippen LogP contribution in [0.4, 0.5) is 46.8 Å². The van der Waals surface area contributed by atoms with Crippen LogP contribution in [0.5, 0.6) is 11.5 Å². The Morgan fingerprint density at radius 3 is 1.60 bits per heavy atom. The number of halogens is 9. The fourth-order valence-corrected chi connectivity index (χ4v) is 5.00. The van der Waals surface area contributed by atoms with Crippen LogP contribution in [0.25, 0.3) is 22.6 Å². The van der Waals surface area contributed by atoms with Crippen LogP contribution >= 0.6 is 22.6 Å². The Hall–Kier alpha value is -5.35. The Bertz CT molecular complexity index is 2110. The molecule has 0 bridgehead atoms. The quantitative estimate of drug-likeness (QED) is 0.0832. The lowest BCUT2D eigenvalue weighted by Gasteiger charge is -2.11. The number of anilines is 2. The molecule has 0 saturated carbocycles. The molecule has 0 aliphatic heterocycles. The molecule has 52 heavy (non-hydrogen) atoms. The van der Waals surface area contributed by atoms with Crippen LogP contribution < -0.4 is 26.4 Å². The predicted octanol–water partition coefficient (Wildman–Crippen LogP) is 6.62. The van der Waals surface area contributed by atoms with Gasteiger partial charge in [-0.3, -0.25) is 0 Å². The number of aromatic nitrogens is 4. The Morgan fingerprint density at radius 2 is 1.10 bits per heavy atom. The smallest absolute Gasteiger partial charge is 0.423 e. The van der Waals surface area contributed by atoms with E-state index in [1.807, 2.05) is 0 Å². The van der Waals surface area contributed by atoms with Crippen molar-refractivity contribution in [3.05, 3.63) is 125 Å². The zero-order valence-electron chi connectivity index (χ0n) is 26.0. The molecular weight excluding hydrogens is 822 g/mol. The molecule has 0 atom stereocenters. The lowest BCUT2D eigenvalue weighted by Crippen LogP contribution is -2.30. The second-order valence-electron chi connectivity index (χ2n) is 10.2. The van der Waals surface area contributed by atoms with Crippen molar-refractivity contribution in [2.24, 2.45) is 0 Å². The van der Waals surface area contributed by atoms with E-state index in [1.165, 1.54) is 71.4 Å². The molecule has 6 aromatic rings. The molecule has 4 aromatic carbocycles. The van der Waals surface area contributed by atoms with Gasteiger partial charge in [0.2, 0.25) is 0 Å². The van der Waals surface area contributed by atoms with Crippen LogP contribution in [0.2, 0.25) is 0 Å². The molecule has 0 unspecified atom stereocenters. The fourth-order valence-electron chi connectivity index (χ4n) is 4.30. The first-order valence-corrected chi connectivity index (χ1v) is 15.4. The molecule has 0 radical (unpaired) electrons. The number of alkyl halides is 6. The third-order valence-corrected chi connectivity index (χ3v) is 7.04. The van der Waals surface area contributed by atoms with E-state index in [1.54, 1.807) is 35.0 Å². The summed E-state index contributed by atoms with van der Waals surface area (Å²) < 4.78 is 110. The molecule has 2 aromatic heterocycles. The Morgan fingerprint density at radius 1 is 0.615 bits per heavy atom. The first-order chi connectivity index (χ1) is 24.4. The van der Waals surface area contributed by atoms with Gasteiger partial charge in [-0.15, -0.1) is 31.4 Å². The number of nitrogen functional groups attached to an aromatic ring is 2. The molecule has 0 aliphatic carbocycles. The third kappa shape index (κ3) is 11.9. The van der Waals surface area contributed by atoms with E-state index >= 15 is 0 Å². The summed E-state index contributed by atoms with van der Waals surface area (Å²) in [6.45, 7) is 0. The van der Waals surface area contributed by atoms with Gasteiger partial charge in [0, 0.05) is 17.7 Å². The Kier molecular flexibility index (Phi) is 12.7. The number of nitrogens with zero attached hydrogens (tertiary/aromatic N) is 4. The molecule has 6 N–H and O–H groups in total. The summed E-state index contributed by atoms with van der Waals surface area (Å²) in [5, 5.41) is 25.4. The van der Waals surface area contributed by atoms with Crippen molar-refractivity contribution in [3.8, 4) is 34.1 Å². The van der Waals surface area contributed by atoms with Gasteiger partial charge in [-0.05, 0) is 88.7 Å². The summed E-state index contributed by atoms with van der Waals surface area (Å²) in [5.41, 5.74) is 13.0. The average molecular weight is 846 g/mol. The van der Waals surface area contributed by atoms with Gasteiger partial charge in [0.25, 0.3) is 0 Å². The monoisotopic (exact) mass is 846 g/mol. The molecule has 10 nitrogen and oxygen atoms in total. The van der Waals surface area contributed by atoms with Crippen LogP contribution in [0.15, 0.2) is 109 Å². The van der Waals surface area contributed by atoms with E-state index in [-0.39, 0.29) is 22.8 Å². The van der Waals surface area contributed by atoms with Crippen molar-refractivity contribution >= 4 is 46.8 Å². The van der Waals surface area contributed by atoms with Gasteiger partial charge in [-0.1, -0.05) is 36.4 Å². The molecule has 0 spiro atoms. The van der Waals surface area contributed by atoms with Gasteiger partial charge < -0.3 is 31.0 Å². The summed E-state index contributed by atoms with van der Waals surface area (Å²) in [6.07, 6.45) is -9.57. The number of hydrogen-bond donors (Lipinski definition) is 4. The first-order valence-electron chi connectivity index (χ1n) is 14.3. The number of benzene rings is 4. The second kappa shape index (κ2) is 16.8. The molecule has 0 saturated heterocycles. The highest BCUT2D eigenvalue weighted by Gasteiger charge is 2.32. The molecule has 0 fully saturated rings. The van der Waals surface area contributed by atoms with Crippen LogP contribution in [0.3, 0.4) is 0 Å². The van der Waals surface area contributed by atoms with Gasteiger partial charge in [-0.25, -0.2) is 18.1 Å². The van der Waals surface area contributed by atoms with Crippen LogP contribution in [0.1, 0.15) is 0 Å². The topological polar surface area (TPSA) is 147 Å². The number of rotatable bonds is 6. The van der Waals surface area contributed by atoms with Crippen LogP contribution in [0, 0.1) is 15.3 Å². The molecule has 0 aliphatic rings. The normalized spacial score (nSPS) is 11.1. The SMILES string of the molecule is Nc1cc(-c2cccc(OC(F)(F)F)c2)n(-c2cccc(F)c2)n1.Nc1cc(I)n(-c2cccc(F)c2)n1.OB(O)c1cccc(OC(F)(F)F)c1. The third-order valence-electron chi connectivity index (χ3n) is 6.27. The van der Waals surface area contributed by atoms with E-state index in [0.717, 1.165) is 15.8 Å². The maximum Gasteiger partial charge on any atom is 0.573 e. The minimum Gasteiger partial charge on any atom is -0.423 e. The lowest BCUT2D eigenvalue weighted by molar-refractivity contribution is -0.275. The van der Waals surface area contributed by atoms with Crippen LogP contribution in [-0.2, 0) is 0 Å². The van der Waals surface area contributed by atoms with E-state index < -0.39 is 31.4 Å². The van der Waals surface area contributed by atoms with Crippen molar-refractivity contribution in [2.75, 3.05) is 11.5 Å². The molecule has 272 valence electrons. The zero-order chi connectivity index (χ0) is 38.2. The van der Waals surface area contributed by atoms with Crippen molar-refractivity contribution < 1.29 is 54.6 Å². The predicted molar refractivity (Wildman–Crippen MR) is 184 cm³/mol. The van der Waals surface area contributed by atoms with E-state index in [0.29, 0.717) is 28.5 Å². The van der Waals surface area contributed by atoms with Crippen molar-refractivity contribution in [1.29, 1.82) is 0 Å². The van der Waals surface area contributed by atoms with Gasteiger partial charge >= 0.3 is 19.8 Å². The first kappa shape index (κ1) is 39.4. The van der Waals surface area contributed by atoms with Gasteiger partial charge in [0.05, 0.1) is 17.1 Å². The Balaban J connectivity index is 0.000000186. The van der Waals surface area contributed by atoms with Crippen molar-refractivity contribution in [3.63, 3.8) is 0 Å². The summed E-state index contributed by atoms with van der Waals surface area (Å²) in [4.78, 5) is 0. The average Bonchev–Trinajstić information content (AvgIpc) is 3.61. The fraction of sp³-hybridized carbons (Fsp3) is 0.0625. The minimum atomic E-state index is -4.79. The Labute approximate surface area is 303 Å². The van der Waals surface area contributed by atoms with E-state index in [9.17, 15) is 35.1 Å². The highest BCUT2D eigenvalue weighted by Crippen LogP contribution is 2.30. The number of hydrogen-bond acceptors (Lipinski definition) is 8. The molecule has 6 rings (SSSR count). The molecular formula is C32H24BF8IN6O4. The maximum atomic E-state index is 13.4. The van der Waals surface area contributed by atoms with Gasteiger partial charge in [0.1, 0.15) is 38.5 Å². The van der Waals surface area contributed by atoms with E-state index in [4.69, 9.17) is 21.5 Å². The minimum absolute atomic E-state index is 0.0632. The van der Waals surface area contributed by atoms with Crippen molar-refractivity contribution in [1.82, 2.24) is 19.6 Å². The zero-order valence-corrected chi connectivity index (χ0v) is 28.2. The standard InChI is InChI=1S/C16H11F4N3O.C9H7FIN3.C7H6BF3O3/c17-11-4-2-5-12(8-11)23-14(9-15(21)22-23)10-3-1-6-13(7-10)24-16(18,19)20;10-6-2-1-3-7(4-6)14-8(11)5-9(12)13-14;9-7(10,11)14-6-3-1-2-5(4-6)8(12)13/h1-9H,(H2,21,22);1-5H,(H2,12,13);1-4,12-13H. The van der Waals surface area contributed by atoms with Crippen LogP contribution in [-0.4, -0.2) is 49.5 Å². The maximum absolute atomic E-state index is 13.4. The summed E-state index contributed by atoms with van der Waals surface area (Å²) in [5.74, 6) is -1.03. The van der Waals surface area contributed by atoms with Crippen molar-refractivity contribution in [2.45, 2.75) is 12.7 Å². The second-order valence-corrected chi connectivity index (χ2v) is 11.3. The molecule has 20 heteroatoms. The highest BCUT2D eigenvalue weighted by atomic mass is 127. The molecule has 0 amide bonds. The van der Waals surface area contributed by atoms with E-state index in [2.05, 4.69) is 42.3 Å².